The summed E-state index contributed by atoms with van der Waals surface area (Å²) in [6.45, 7) is 4.95. The van der Waals surface area contributed by atoms with Gasteiger partial charge in [-0.25, -0.2) is 4.39 Å². The van der Waals surface area contributed by atoms with Gasteiger partial charge in [0.25, 0.3) is 5.91 Å². The van der Waals surface area contributed by atoms with Gasteiger partial charge >= 0.3 is 0 Å². The van der Waals surface area contributed by atoms with Crippen LogP contribution < -0.4 is 5.73 Å². The molecule has 0 spiro atoms. The van der Waals surface area contributed by atoms with Gasteiger partial charge in [0.05, 0.1) is 10.6 Å². The Morgan fingerprint density at radius 3 is 2.60 bits per heavy atom. The van der Waals surface area contributed by atoms with Gasteiger partial charge in [0.2, 0.25) is 0 Å². The van der Waals surface area contributed by atoms with Gasteiger partial charge in [0, 0.05) is 32.7 Å². The van der Waals surface area contributed by atoms with Gasteiger partial charge in [-0.3, -0.25) is 9.69 Å². The van der Waals surface area contributed by atoms with Crippen LogP contribution in [0.1, 0.15) is 15.9 Å². The molecule has 0 radical (unpaired) electrons. The van der Waals surface area contributed by atoms with Crippen molar-refractivity contribution in [3.8, 4) is 0 Å². The van der Waals surface area contributed by atoms with Crippen LogP contribution in [0.3, 0.4) is 0 Å². The maximum Gasteiger partial charge on any atom is 0.256 e. The normalized spacial score (nSPS) is 16.2. The molecule has 0 bridgehead atoms. The molecule has 0 aromatic heterocycles. The van der Waals surface area contributed by atoms with E-state index in [-0.39, 0.29) is 11.5 Å². The van der Waals surface area contributed by atoms with Gasteiger partial charge in [0.15, 0.2) is 0 Å². The molecular weight excluding hydrogens is 277 g/mol. The van der Waals surface area contributed by atoms with E-state index in [1.807, 2.05) is 6.92 Å². The molecule has 1 aromatic carbocycles. The third-order valence-corrected chi connectivity index (χ3v) is 3.52. The van der Waals surface area contributed by atoms with E-state index in [1.54, 1.807) is 17.0 Å². The van der Waals surface area contributed by atoms with Gasteiger partial charge < -0.3 is 10.6 Å². The largest absolute Gasteiger partial charge is 0.392 e. The van der Waals surface area contributed by atoms with Gasteiger partial charge in [0.1, 0.15) is 5.82 Å². The molecule has 1 aromatic rings. The number of nitrogens with two attached hydrogens (primary N) is 1. The van der Waals surface area contributed by atoms with Crippen molar-refractivity contribution in [1.82, 2.24) is 9.80 Å². The van der Waals surface area contributed by atoms with Crippen molar-refractivity contribution in [2.75, 3.05) is 32.7 Å². The van der Waals surface area contributed by atoms with E-state index in [9.17, 15) is 9.18 Å². The van der Waals surface area contributed by atoms with Crippen LogP contribution in [0.25, 0.3) is 0 Å². The second-order valence-electron chi connectivity index (χ2n) is 5.02. The molecule has 2 N–H and O–H groups in total. The second-order valence-corrected chi connectivity index (χ2v) is 5.54. The third-order valence-electron chi connectivity index (χ3n) is 3.39. The van der Waals surface area contributed by atoms with E-state index in [0.29, 0.717) is 37.7 Å². The van der Waals surface area contributed by atoms with Crippen molar-refractivity contribution >= 4 is 23.1 Å². The van der Waals surface area contributed by atoms with Crippen LogP contribution in [-0.2, 0) is 0 Å². The van der Waals surface area contributed by atoms with Crippen LogP contribution in [0.2, 0.25) is 0 Å². The molecule has 1 amide bonds. The highest BCUT2D eigenvalue weighted by atomic mass is 32.1. The molecule has 0 saturated carbocycles. The maximum atomic E-state index is 13.7. The fraction of sp³-hybridized carbons (Fsp3) is 0.429. The summed E-state index contributed by atoms with van der Waals surface area (Å²) in [6, 6.07) is 4.59. The van der Waals surface area contributed by atoms with Crippen molar-refractivity contribution in [3.05, 3.63) is 35.1 Å². The maximum absolute atomic E-state index is 13.7. The first-order valence-corrected chi connectivity index (χ1v) is 6.94. The molecule has 1 fully saturated rings. The van der Waals surface area contributed by atoms with Crippen molar-refractivity contribution in [2.24, 2.45) is 5.73 Å². The summed E-state index contributed by atoms with van der Waals surface area (Å²) in [5.74, 6) is -0.715. The molecule has 2 rings (SSSR count). The fourth-order valence-electron chi connectivity index (χ4n) is 2.30. The van der Waals surface area contributed by atoms with Crippen molar-refractivity contribution < 1.29 is 9.18 Å². The highest BCUT2D eigenvalue weighted by Crippen LogP contribution is 2.14. The number of carbonyl (C=O) groups is 1. The van der Waals surface area contributed by atoms with Gasteiger partial charge in [-0.1, -0.05) is 23.8 Å². The Bertz CT molecular complexity index is 527. The minimum atomic E-state index is -0.467. The Kier molecular flexibility index (Phi) is 4.67. The predicted octanol–water partition coefficient (Wildman–Crippen LogP) is 1.18. The lowest BCUT2D eigenvalue weighted by atomic mass is 10.1. The van der Waals surface area contributed by atoms with Crippen LogP contribution >= 0.6 is 12.2 Å². The number of nitrogens with zero attached hydrogens (tertiary/aromatic N) is 2. The number of amides is 1. The van der Waals surface area contributed by atoms with Crippen LogP contribution in [0.4, 0.5) is 4.39 Å². The molecule has 108 valence electrons. The molecule has 1 aliphatic rings. The number of benzene rings is 1. The smallest absolute Gasteiger partial charge is 0.256 e. The Morgan fingerprint density at radius 2 is 2.00 bits per heavy atom. The summed E-state index contributed by atoms with van der Waals surface area (Å²) in [6.07, 6.45) is 0. The minimum Gasteiger partial charge on any atom is -0.392 e. The van der Waals surface area contributed by atoms with Crippen molar-refractivity contribution in [3.63, 3.8) is 0 Å². The zero-order valence-electron chi connectivity index (χ0n) is 11.4. The summed E-state index contributed by atoms with van der Waals surface area (Å²) in [4.78, 5) is 16.5. The van der Waals surface area contributed by atoms with Crippen LogP contribution in [0.5, 0.6) is 0 Å². The highest BCUT2D eigenvalue weighted by Gasteiger charge is 2.24. The number of hydrogen-bond acceptors (Lipinski definition) is 3. The van der Waals surface area contributed by atoms with E-state index in [4.69, 9.17) is 18.0 Å². The number of thiocarbonyl (C=S) groups is 1. The van der Waals surface area contributed by atoms with E-state index < -0.39 is 5.82 Å². The summed E-state index contributed by atoms with van der Waals surface area (Å²) in [5.41, 5.74) is 6.53. The lowest BCUT2D eigenvalue weighted by molar-refractivity contribution is 0.0649. The first-order chi connectivity index (χ1) is 9.47. The van der Waals surface area contributed by atoms with E-state index >= 15 is 0 Å². The molecule has 0 aliphatic carbocycles. The molecule has 20 heavy (non-hydrogen) atoms. The van der Waals surface area contributed by atoms with Gasteiger partial charge in [-0.05, 0) is 19.1 Å². The number of hydrogen-bond donors (Lipinski definition) is 1. The van der Waals surface area contributed by atoms with Crippen molar-refractivity contribution in [2.45, 2.75) is 6.92 Å². The number of aryl methyl sites for hydroxylation is 1. The van der Waals surface area contributed by atoms with Gasteiger partial charge in [-0.15, -0.1) is 0 Å². The molecule has 0 atom stereocenters. The highest BCUT2D eigenvalue weighted by molar-refractivity contribution is 7.80. The SMILES string of the molecule is Cc1ccc(F)c(C(=O)N2CCN(CC(N)=S)CC2)c1. The van der Waals surface area contributed by atoms with Crippen LogP contribution in [-0.4, -0.2) is 53.4 Å². The zero-order valence-corrected chi connectivity index (χ0v) is 12.3. The predicted molar refractivity (Wildman–Crippen MR) is 80.3 cm³/mol. The lowest BCUT2D eigenvalue weighted by Gasteiger charge is -2.34. The average Bonchev–Trinajstić information content (AvgIpc) is 2.41. The number of piperazine rings is 1. The standard InChI is InChI=1S/C14H18FN3OS/c1-10-2-3-12(15)11(8-10)14(19)18-6-4-17(5-7-18)9-13(16)20/h2-3,8H,4-7,9H2,1H3,(H2,16,20). The first-order valence-electron chi connectivity index (χ1n) is 6.53. The molecule has 6 heteroatoms. The molecule has 1 aliphatic heterocycles. The molecule has 1 heterocycles. The summed E-state index contributed by atoms with van der Waals surface area (Å²) in [7, 11) is 0. The molecule has 4 nitrogen and oxygen atoms in total. The Balaban J connectivity index is 2.01. The molecule has 1 saturated heterocycles. The number of rotatable bonds is 3. The second kappa shape index (κ2) is 6.28. The Hall–Kier alpha value is -1.53. The van der Waals surface area contributed by atoms with E-state index in [1.165, 1.54) is 6.07 Å². The summed E-state index contributed by atoms with van der Waals surface area (Å²) in [5, 5.41) is 0. The lowest BCUT2D eigenvalue weighted by Crippen LogP contribution is -2.50. The third kappa shape index (κ3) is 3.52. The quantitative estimate of drug-likeness (QED) is 0.851. The van der Waals surface area contributed by atoms with Crippen LogP contribution in [0.15, 0.2) is 18.2 Å². The average molecular weight is 295 g/mol. The summed E-state index contributed by atoms with van der Waals surface area (Å²) < 4.78 is 13.7. The van der Waals surface area contributed by atoms with E-state index in [0.717, 1.165) is 5.56 Å². The zero-order chi connectivity index (χ0) is 14.7. The minimum absolute atomic E-state index is 0.146. The summed E-state index contributed by atoms with van der Waals surface area (Å²) >= 11 is 4.87. The van der Waals surface area contributed by atoms with Gasteiger partial charge in [-0.2, -0.15) is 0 Å². The number of halogens is 1. The first kappa shape index (κ1) is 14.9. The topological polar surface area (TPSA) is 49.6 Å². The Labute approximate surface area is 123 Å². The molecule has 0 unspecified atom stereocenters. The van der Waals surface area contributed by atoms with Crippen LogP contribution in [0, 0.1) is 12.7 Å². The number of carbonyl (C=O) groups excluding carboxylic acids is 1. The van der Waals surface area contributed by atoms with Crippen molar-refractivity contribution in [1.29, 1.82) is 0 Å². The Morgan fingerprint density at radius 1 is 1.35 bits per heavy atom. The van der Waals surface area contributed by atoms with E-state index in [2.05, 4.69) is 4.90 Å². The molecular formula is C14H18FN3OS. The fourth-order valence-corrected chi connectivity index (χ4v) is 2.49. The monoisotopic (exact) mass is 295 g/mol.